The summed E-state index contributed by atoms with van der Waals surface area (Å²) in [5.74, 6) is -0.265. The first-order valence-corrected chi connectivity index (χ1v) is 9.20. The quantitative estimate of drug-likeness (QED) is 0.438. The van der Waals surface area contributed by atoms with E-state index in [0.29, 0.717) is 4.88 Å². The second-order valence-electron chi connectivity index (χ2n) is 6.28. The van der Waals surface area contributed by atoms with Crippen LogP contribution in [0.3, 0.4) is 0 Å². The second-order valence-corrected chi connectivity index (χ2v) is 7.28. The van der Waals surface area contributed by atoms with Gasteiger partial charge in [-0.1, -0.05) is 0 Å². The van der Waals surface area contributed by atoms with Crippen molar-refractivity contribution < 1.29 is 4.79 Å². The molecule has 0 saturated heterocycles. The van der Waals surface area contributed by atoms with E-state index < -0.39 is 0 Å². The Morgan fingerprint density at radius 3 is 2.78 bits per heavy atom. The van der Waals surface area contributed by atoms with Gasteiger partial charge in [-0.25, -0.2) is 10.4 Å². The Balaban J connectivity index is 1.74. The van der Waals surface area contributed by atoms with Gasteiger partial charge in [0.1, 0.15) is 9.71 Å². The van der Waals surface area contributed by atoms with Crippen LogP contribution in [0.4, 0.5) is 0 Å². The van der Waals surface area contributed by atoms with E-state index in [1.54, 1.807) is 17.1 Å². The molecular weight excluding hydrogens is 360 g/mol. The molecule has 136 valence electrons. The molecule has 1 amide bonds. The minimum atomic E-state index is -0.265. The first kappa shape index (κ1) is 17.2. The van der Waals surface area contributed by atoms with Crippen molar-refractivity contribution in [3.63, 3.8) is 0 Å². The van der Waals surface area contributed by atoms with Crippen LogP contribution in [0.1, 0.15) is 26.5 Å². The number of hydrogen-bond donors (Lipinski definition) is 1. The fraction of sp³-hybridized carbons (Fsp3) is 0.158. The highest BCUT2D eigenvalue weighted by molar-refractivity contribution is 7.21. The number of carbonyl (C=O) groups is 1. The molecule has 0 aliphatic carbocycles. The minimum Gasteiger partial charge on any atom is -0.322 e. The summed E-state index contributed by atoms with van der Waals surface area (Å²) >= 11 is 1.37. The summed E-state index contributed by atoms with van der Waals surface area (Å²) in [6.07, 6.45) is 8.92. The first-order valence-electron chi connectivity index (χ1n) is 8.39. The van der Waals surface area contributed by atoms with Crippen molar-refractivity contribution in [3.05, 3.63) is 64.7 Å². The van der Waals surface area contributed by atoms with E-state index in [9.17, 15) is 4.79 Å². The van der Waals surface area contributed by atoms with Crippen molar-refractivity contribution in [3.8, 4) is 5.69 Å². The molecule has 8 heteroatoms. The van der Waals surface area contributed by atoms with E-state index in [1.807, 2.05) is 62.3 Å². The molecular formula is C19H18N6OS. The third kappa shape index (κ3) is 3.26. The van der Waals surface area contributed by atoms with Crippen molar-refractivity contribution >= 4 is 33.7 Å². The smallest absolute Gasteiger partial charge is 0.283 e. The zero-order valence-corrected chi connectivity index (χ0v) is 16.0. The van der Waals surface area contributed by atoms with Crippen LogP contribution < -0.4 is 5.43 Å². The van der Waals surface area contributed by atoms with Crippen molar-refractivity contribution in [1.29, 1.82) is 0 Å². The molecule has 27 heavy (non-hydrogen) atoms. The Hall–Kier alpha value is -3.26. The van der Waals surface area contributed by atoms with Crippen molar-refractivity contribution in [2.45, 2.75) is 13.8 Å². The van der Waals surface area contributed by atoms with E-state index >= 15 is 0 Å². The topological polar surface area (TPSA) is 77.1 Å². The average Bonchev–Trinajstić information content (AvgIpc) is 3.33. The molecule has 4 heterocycles. The predicted molar refractivity (Wildman–Crippen MR) is 107 cm³/mol. The number of carbonyl (C=O) groups excluding carboxylic acids is 1. The monoisotopic (exact) mass is 378 g/mol. The number of pyridine rings is 1. The molecule has 0 aliphatic rings. The molecule has 0 spiro atoms. The van der Waals surface area contributed by atoms with Gasteiger partial charge >= 0.3 is 0 Å². The molecule has 0 radical (unpaired) electrons. The maximum absolute atomic E-state index is 12.8. The second kappa shape index (κ2) is 6.81. The number of thiophene rings is 1. The fourth-order valence-electron chi connectivity index (χ4n) is 3.03. The van der Waals surface area contributed by atoms with Crippen LogP contribution in [0.5, 0.6) is 0 Å². The molecule has 1 N–H and O–H groups in total. The predicted octanol–water partition coefficient (Wildman–Crippen LogP) is 3.20. The highest BCUT2D eigenvalue weighted by atomic mass is 32.1. The molecule has 0 fully saturated rings. The van der Waals surface area contributed by atoms with E-state index in [0.717, 1.165) is 32.7 Å². The number of fused-ring (bicyclic) bond motifs is 1. The molecule has 7 nitrogen and oxygen atoms in total. The van der Waals surface area contributed by atoms with Gasteiger partial charge in [-0.05, 0) is 37.6 Å². The van der Waals surface area contributed by atoms with E-state index in [1.165, 1.54) is 11.3 Å². The van der Waals surface area contributed by atoms with E-state index in [-0.39, 0.29) is 5.91 Å². The summed E-state index contributed by atoms with van der Waals surface area (Å²) in [6.45, 7) is 4.00. The summed E-state index contributed by atoms with van der Waals surface area (Å²) < 4.78 is 3.62. The average molecular weight is 378 g/mol. The number of hydrazone groups is 1. The summed E-state index contributed by atoms with van der Waals surface area (Å²) in [4.78, 5) is 18.9. The Kier molecular flexibility index (Phi) is 4.33. The van der Waals surface area contributed by atoms with Crippen LogP contribution in [-0.2, 0) is 7.05 Å². The maximum atomic E-state index is 12.8. The van der Waals surface area contributed by atoms with Gasteiger partial charge < -0.3 is 4.57 Å². The van der Waals surface area contributed by atoms with Crippen LogP contribution in [0, 0.1) is 13.8 Å². The number of aryl methyl sites for hydroxylation is 3. The summed E-state index contributed by atoms with van der Waals surface area (Å²) in [5.41, 5.74) is 6.29. The number of nitrogens with zero attached hydrogens (tertiary/aromatic N) is 5. The normalized spacial score (nSPS) is 11.5. The SMILES string of the molecule is Cc1cc(C)c2c(-n3cccc3)c(C(=O)N/N=C\c3cnn(C)c3)sc2n1. The third-order valence-electron chi connectivity index (χ3n) is 4.14. The molecule has 0 atom stereocenters. The highest BCUT2D eigenvalue weighted by Gasteiger charge is 2.21. The van der Waals surface area contributed by atoms with E-state index in [2.05, 4.69) is 20.6 Å². The number of amides is 1. The highest BCUT2D eigenvalue weighted by Crippen LogP contribution is 2.35. The molecule has 4 aromatic rings. The minimum absolute atomic E-state index is 0.265. The molecule has 0 aromatic carbocycles. The van der Waals surface area contributed by atoms with Crippen LogP contribution in [0.25, 0.3) is 15.9 Å². The lowest BCUT2D eigenvalue weighted by Crippen LogP contribution is -2.18. The first-order chi connectivity index (χ1) is 13.0. The Morgan fingerprint density at radius 2 is 2.07 bits per heavy atom. The van der Waals surface area contributed by atoms with Gasteiger partial charge in [0, 0.05) is 42.3 Å². The van der Waals surface area contributed by atoms with Gasteiger partial charge in [-0.2, -0.15) is 10.2 Å². The summed E-state index contributed by atoms with van der Waals surface area (Å²) in [7, 11) is 1.83. The number of nitrogens with one attached hydrogen (secondary N) is 1. The van der Waals surface area contributed by atoms with Crippen LogP contribution in [0.15, 0.2) is 48.1 Å². The van der Waals surface area contributed by atoms with Gasteiger partial charge in [0.25, 0.3) is 5.91 Å². The molecule has 4 aromatic heterocycles. The van der Waals surface area contributed by atoms with Crippen molar-refractivity contribution in [1.82, 2.24) is 24.8 Å². The number of rotatable bonds is 4. The summed E-state index contributed by atoms with van der Waals surface area (Å²) in [5, 5.41) is 9.12. The largest absolute Gasteiger partial charge is 0.322 e. The zero-order valence-electron chi connectivity index (χ0n) is 15.2. The standard InChI is InChI=1S/C19H18N6OS/c1-12-8-13(2)22-19-15(12)16(25-6-4-5-7-25)17(27-19)18(26)23-20-9-14-10-21-24(3)11-14/h4-11H,1-3H3,(H,23,26)/b20-9-. The van der Waals surface area contributed by atoms with Crippen LogP contribution in [-0.4, -0.2) is 31.5 Å². The Bertz CT molecular complexity index is 1150. The molecule has 4 rings (SSSR count). The Morgan fingerprint density at radius 1 is 1.30 bits per heavy atom. The lowest BCUT2D eigenvalue weighted by atomic mass is 10.1. The molecule has 0 aliphatic heterocycles. The van der Waals surface area contributed by atoms with Crippen LogP contribution in [0.2, 0.25) is 0 Å². The summed E-state index contributed by atoms with van der Waals surface area (Å²) in [6, 6.07) is 5.90. The van der Waals surface area contributed by atoms with Gasteiger partial charge in [0.05, 0.1) is 18.1 Å². The molecule has 0 unspecified atom stereocenters. The van der Waals surface area contributed by atoms with Gasteiger partial charge in [0.15, 0.2) is 0 Å². The van der Waals surface area contributed by atoms with Gasteiger partial charge in [-0.3, -0.25) is 9.48 Å². The molecule has 0 bridgehead atoms. The maximum Gasteiger partial charge on any atom is 0.283 e. The van der Waals surface area contributed by atoms with Crippen LogP contribution >= 0.6 is 11.3 Å². The fourth-order valence-corrected chi connectivity index (χ4v) is 4.22. The lowest BCUT2D eigenvalue weighted by Gasteiger charge is -2.07. The number of hydrogen-bond acceptors (Lipinski definition) is 5. The van der Waals surface area contributed by atoms with Crippen molar-refractivity contribution in [2.24, 2.45) is 12.1 Å². The molecule has 0 saturated carbocycles. The lowest BCUT2D eigenvalue weighted by molar-refractivity contribution is 0.0959. The third-order valence-corrected chi connectivity index (χ3v) is 5.21. The van der Waals surface area contributed by atoms with E-state index in [4.69, 9.17) is 0 Å². The van der Waals surface area contributed by atoms with Gasteiger partial charge in [0.2, 0.25) is 0 Å². The van der Waals surface area contributed by atoms with Gasteiger partial charge in [-0.15, -0.1) is 11.3 Å². The zero-order chi connectivity index (χ0) is 19.0. The number of aromatic nitrogens is 4. The Labute approximate surface area is 160 Å². The van der Waals surface area contributed by atoms with Crippen molar-refractivity contribution in [2.75, 3.05) is 0 Å².